The summed E-state index contributed by atoms with van der Waals surface area (Å²) in [6.07, 6.45) is 1.49. The molecule has 6 nitrogen and oxygen atoms in total. The van der Waals surface area contributed by atoms with Crippen LogP contribution < -0.4 is 10.6 Å². The Balaban J connectivity index is 2.13. The average molecular weight is 284 g/mol. The van der Waals surface area contributed by atoms with E-state index in [-0.39, 0.29) is 28.2 Å². The second-order valence-electron chi connectivity index (χ2n) is 4.43. The minimum absolute atomic E-state index is 0.100. The zero-order chi connectivity index (χ0) is 13.8. The number of halogens is 1. The third-order valence-electron chi connectivity index (χ3n) is 3.12. The highest BCUT2D eigenvalue weighted by Gasteiger charge is 2.23. The van der Waals surface area contributed by atoms with Crippen molar-refractivity contribution in [1.82, 2.24) is 5.32 Å². The SMILES string of the molecule is O=C(Nc1ccc(Cl)cc1[N+](=O)[O-])C1CCNCC1. The molecule has 0 atom stereocenters. The van der Waals surface area contributed by atoms with Crippen molar-refractivity contribution >= 4 is 28.9 Å². The second kappa shape index (κ2) is 5.99. The minimum atomic E-state index is -0.552. The van der Waals surface area contributed by atoms with Crippen LogP contribution in [0.3, 0.4) is 0 Å². The molecule has 1 aliphatic rings. The molecule has 1 fully saturated rings. The molecule has 1 aromatic rings. The standard InChI is InChI=1S/C12H14ClN3O3/c13-9-1-2-10(11(7-9)16(18)19)15-12(17)8-3-5-14-6-4-8/h1-2,7-8,14H,3-6H2,(H,15,17). The van der Waals surface area contributed by atoms with Gasteiger partial charge in [0.1, 0.15) is 5.69 Å². The number of carbonyl (C=O) groups excluding carboxylic acids is 1. The summed E-state index contributed by atoms with van der Waals surface area (Å²) < 4.78 is 0. The molecule has 1 heterocycles. The fourth-order valence-electron chi connectivity index (χ4n) is 2.08. The van der Waals surface area contributed by atoms with Gasteiger partial charge in [-0.15, -0.1) is 0 Å². The summed E-state index contributed by atoms with van der Waals surface area (Å²) in [6, 6.07) is 4.21. The molecular weight excluding hydrogens is 270 g/mol. The molecule has 102 valence electrons. The van der Waals surface area contributed by atoms with Crippen molar-refractivity contribution in [2.75, 3.05) is 18.4 Å². The molecule has 1 aliphatic heterocycles. The fraction of sp³-hybridized carbons (Fsp3) is 0.417. The Hall–Kier alpha value is -1.66. The second-order valence-corrected chi connectivity index (χ2v) is 4.87. The maximum atomic E-state index is 12.0. The molecule has 0 saturated carbocycles. The molecule has 0 aliphatic carbocycles. The summed E-state index contributed by atoms with van der Waals surface area (Å²) in [4.78, 5) is 22.4. The van der Waals surface area contributed by atoms with E-state index in [4.69, 9.17) is 11.6 Å². The Morgan fingerprint density at radius 2 is 2.11 bits per heavy atom. The fourth-order valence-corrected chi connectivity index (χ4v) is 2.25. The molecule has 1 saturated heterocycles. The summed E-state index contributed by atoms with van der Waals surface area (Å²) >= 11 is 5.72. The number of amides is 1. The highest BCUT2D eigenvalue weighted by atomic mass is 35.5. The maximum absolute atomic E-state index is 12.0. The zero-order valence-electron chi connectivity index (χ0n) is 10.2. The van der Waals surface area contributed by atoms with Gasteiger partial charge < -0.3 is 10.6 Å². The number of piperidine rings is 1. The van der Waals surface area contributed by atoms with Gasteiger partial charge in [-0.25, -0.2) is 0 Å². The van der Waals surface area contributed by atoms with Gasteiger partial charge in [-0.2, -0.15) is 0 Å². The van der Waals surface area contributed by atoms with Crippen molar-refractivity contribution in [3.8, 4) is 0 Å². The molecule has 1 aromatic carbocycles. The smallest absolute Gasteiger partial charge is 0.294 e. The number of anilines is 1. The van der Waals surface area contributed by atoms with E-state index in [1.165, 1.54) is 18.2 Å². The first kappa shape index (κ1) is 13.8. The van der Waals surface area contributed by atoms with Crippen molar-refractivity contribution in [2.45, 2.75) is 12.8 Å². The average Bonchev–Trinajstić information content (AvgIpc) is 2.41. The van der Waals surface area contributed by atoms with Crippen LogP contribution in [-0.4, -0.2) is 23.9 Å². The highest BCUT2D eigenvalue weighted by molar-refractivity contribution is 6.31. The number of hydrogen-bond acceptors (Lipinski definition) is 4. The van der Waals surface area contributed by atoms with Gasteiger partial charge in [0.05, 0.1) is 4.92 Å². The van der Waals surface area contributed by atoms with E-state index >= 15 is 0 Å². The minimum Gasteiger partial charge on any atom is -0.320 e. The van der Waals surface area contributed by atoms with Gasteiger partial charge >= 0.3 is 0 Å². The molecule has 19 heavy (non-hydrogen) atoms. The monoisotopic (exact) mass is 283 g/mol. The number of nitro benzene ring substituents is 1. The van der Waals surface area contributed by atoms with Crippen molar-refractivity contribution in [3.05, 3.63) is 33.3 Å². The van der Waals surface area contributed by atoms with Gasteiger partial charge in [-0.1, -0.05) is 11.6 Å². The molecule has 0 radical (unpaired) electrons. The van der Waals surface area contributed by atoms with E-state index in [0.29, 0.717) is 0 Å². The van der Waals surface area contributed by atoms with Gasteiger partial charge in [0.2, 0.25) is 5.91 Å². The summed E-state index contributed by atoms with van der Waals surface area (Å²) in [5.41, 5.74) is 0.00715. The molecule has 0 spiro atoms. The van der Waals surface area contributed by atoms with E-state index in [2.05, 4.69) is 10.6 Å². The molecule has 2 rings (SSSR count). The van der Waals surface area contributed by atoms with Crippen molar-refractivity contribution < 1.29 is 9.72 Å². The normalized spacial score (nSPS) is 16.1. The third kappa shape index (κ3) is 3.42. The van der Waals surface area contributed by atoms with Crippen LogP contribution in [0.2, 0.25) is 5.02 Å². The Morgan fingerprint density at radius 3 is 2.74 bits per heavy atom. The summed E-state index contributed by atoms with van der Waals surface area (Å²) in [7, 11) is 0. The van der Waals surface area contributed by atoms with E-state index in [1.807, 2.05) is 0 Å². The van der Waals surface area contributed by atoms with Crippen LogP contribution in [0.15, 0.2) is 18.2 Å². The summed E-state index contributed by atoms with van der Waals surface area (Å²) in [5.74, 6) is -0.275. The number of rotatable bonds is 3. The molecule has 0 unspecified atom stereocenters. The lowest BCUT2D eigenvalue weighted by Gasteiger charge is -2.21. The van der Waals surface area contributed by atoms with Crippen molar-refractivity contribution in [3.63, 3.8) is 0 Å². The highest BCUT2D eigenvalue weighted by Crippen LogP contribution is 2.28. The van der Waals surface area contributed by atoms with E-state index in [1.54, 1.807) is 0 Å². The Morgan fingerprint density at radius 1 is 1.42 bits per heavy atom. The molecule has 0 bridgehead atoms. The van der Waals surface area contributed by atoms with E-state index < -0.39 is 4.92 Å². The maximum Gasteiger partial charge on any atom is 0.294 e. The number of nitro groups is 1. The lowest BCUT2D eigenvalue weighted by atomic mass is 9.97. The van der Waals surface area contributed by atoms with Gasteiger partial charge in [0.15, 0.2) is 0 Å². The molecule has 2 N–H and O–H groups in total. The first-order valence-electron chi connectivity index (χ1n) is 6.03. The number of nitrogens with zero attached hydrogens (tertiary/aromatic N) is 1. The number of nitrogens with one attached hydrogen (secondary N) is 2. The molecular formula is C12H14ClN3O3. The number of hydrogen-bond donors (Lipinski definition) is 2. The topological polar surface area (TPSA) is 84.3 Å². The van der Waals surface area contributed by atoms with Crippen LogP contribution >= 0.6 is 11.6 Å². The van der Waals surface area contributed by atoms with Crippen LogP contribution in [0.1, 0.15) is 12.8 Å². The largest absolute Gasteiger partial charge is 0.320 e. The third-order valence-corrected chi connectivity index (χ3v) is 3.36. The number of carbonyl (C=O) groups is 1. The van der Waals surface area contributed by atoms with Gasteiger partial charge in [-0.3, -0.25) is 14.9 Å². The van der Waals surface area contributed by atoms with Crippen molar-refractivity contribution in [1.29, 1.82) is 0 Å². The van der Waals surface area contributed by atoms with Crippen LogP contribution in [0.25, 0.3) is 0 Å². The Kier molecular flexibility index (Phi) is 4.34. The van der Waals surface area contributed by atoms with Crippen LogP contribution in [0.5, 0.6) is 0 Å². The lowest BCUT2D eigenvalue weighted by Crippen LogP contribution is -2.34. The van der Waals surface area contributed by atoms with E-state index in [9.17, 15) is 14.9 Å². The van der Waals surface area contributed by atoms with Crippen LogP contribution in [0, 0.1) is 16.0 Å². The summed E-state index contributed by atoms with van der Waals surface area (Å²) in [6.45, 7) is 1.58. The quantitative estimate of drug-likeness (QED) is 0.658. The molecule has 0 aromatic heterocycles. The van der Waals surface area contributed by atoms with Crippen LogP contribution in [-0.2, 0) is 4.79 Å². The predicted octanol–water partition coefficient (Wildman–Crippen LogP) is 2.19. The summed E-state index contributed by atoms with van der Waals surface area (Å²) in [5, 5.41) is 17.0. The van der Waals surface area contributed by atoms with Gasteiger partial charge in [0.25, 0.3) is 5.69 Å². The Bertz CT molecular complexity index is 501. The van der Waals surface area contributed by atoms with Crippen molar-refractivity contribution in [2.24, 2.45) is 5.92 Å². The molecule has 1 amide bonds. The lowest BCUT2D eigenvalue weighted by molar-refractivity contribution is -0.383. The van der Waals surface area contributed by atoms with Crippen LogP contribution in [0.4, 0.5) is 11.4 Å². The van der Waals surface area contributed by atoms with E-state index in [0.717, 1.165) is 25.9 Å². The molecule has 7 heteroatoms. The van der Waals surface area contributed by atoms with Gasteiger partial charge in [0, 0.05) is 17.0 Å². The van der Waals surface area contributed by atoms with Gasteiger partial charge in [-0.05, 0) is 38.1 Å². The Labute approximate surface area is 115 Å². The first-order chi connectivity index (χ1) is 9.08. The first-order valence-corrected chi connectivity index (χ1v) is 6.41. The predicted molar refractivity (Wildman–Crippen MR) is 72.3 cm³/mol. The zero-order valence-corrected chi connectivity index (χ0v) is 10.9. The number of benzene rings is 1.